The smallest absolute Gasteiger partial charge is 0.257 e. The summed E-state index contributed by atoms with van der Waals surface area (Å²) in [6, 6.07) is 11.7. The Morgan fingerprint density at radius 2 is 2.00 bits per heavy atom. The third-order valence-electron chi connectivity index (χ3n) is 6.97. The van der Waals surface area contributed by atoms with Crippen LogP contribution in [0, 0.1) is 0 Å². The van der Waals surface area contributed by atoms with Gasteiger partial charge in [-0.05, 0) is 55.5 Å². The molecule has 0 atom stereocenters. The van der Waals surface area contributed by atoms with Gasteiger partial charge in [0.25, 0.3) is 5.91 Å². The zero-order chi connectivity index (χ0) is 22.6. The van der Waals surface area contributed by atoms with Crippen LogP contribution in [0.4, 0.5) is 5.82 Å². The molecule has 3 aromatic heterocycles. The van der Waals surface area contributed by atoms with Gasteiger partial charge in [0.2, 0.25) is 0 Å². The number of pyridine rings is 1. The Balaban J connectivity index is 1.27. The molecule has 0 unspecified atom stereocenters. The molecule has 9 heteroatoms. The zero-order valence-corrected chi connectivity index (χ0v) is 18.5. The predicted octanol–water partition coefficient (Wildman–Crippen LogP) is 3.89. The standard InChI is InChI=1S/C25H23N7O2/c33-25-20-10-17(31-11-22(26-13-31)15-4-5-15)7-6-16(20)12-34-19-8-18(9-19)32-14-27-30-24(32)21-2-1-3-23(28-21)29-25/h1-3,6-7,10-11,13-15,18-19H,4-5,8-9,12H2,(H,28,29,33). The van der Waals surface area contributed by atoms with Gasteiger partial charge >= 0.3 is 0 Å². The Hall–Kier alpha value is -3.85. The molecule has 2 fully saturated rings. The number of rotatable bonds is 2. The molecule has 0 saturated heterocycles. The average Bonchev–Trinajstić information content (AvgIpc) is 3.35. The number of anilines is 1. The monoisotopic (exact) mass is 453 g/mol. The van der Waals surface area contributed by atoms with Gasteiger partial charge < -0.3 is 19.2 Å². The van der Waals surface area contributed by atoms with Gasteiger partial charge in [0, 0.05) is 29.4 Å². The van der Waals surface area contributed by atoms with Crippen molar-refractivity contribution in [3.05, 3.63) is 72.1 Å². The largest absolute Gasteiger partial charge is 0.373 e. The van der Waals surface area contributed by atoms with Gasteiger partial charge in [0.1, 0.15) is 17.8 Å². The number of carbonyl (C=O) groups is 1. The second kappa shape index (κ2) is 7.59. The van der Waals surface area contributed by atoms with E-state index in [1.807, 2.05) is 41.2 Å². The fraction of sp³-hybridized carbons (Fsp3) is 0.320. The number of nitrogens with one attached hydrogen (secondary N) is 1. The number of imidazole rings is 1. The lowest BCUT2D eigenvalue weighted by Gasteiger charge is -2.36. The highest BCUT2D eigenvalue weighted by Crippen LogP contribution is 2.39. The third-order valence-corrected chi connectivity index (χ3v) is 6.97. The van der Waals surface area contributed by atoms with Gasteiger partial charge in [0.05, 0.1) is 24.7 Å². The first-order chi connectivity index (χ1) is 16.7. The van der Waals surface area contributed by atoms with Gasteiger partial charge in [-0.3, -0.25) is 4.79 Å². The molecular weight excluding hydrogens is 430 g/mol. The SMILES string of the molecule is O=C1Nc2cccc(n2)-c2nncn2C2CC(C2)OCc2ccc(-n3cnc(C4CC4)c3)cc21. The normalized spacial score (nSPS) is 21.6. The zero-order valence-electron chi connectivity index (χ0n) is 18.5. The van der Waals surface area contributed by atoms with Gasteiger partial charge in [-0.1, -0.05) is 12.1 Å². The molecule has 4 aliphatic rings. The van der Waals surface area contributed by atoms with Crippen LogP contribution in [0.25, 0.3) is 17.2 Å². The van der Waals surface area contributed by atoms with E-state index in [-0.39, 0.29) is 18.1 Å². The Bertz CT molecular complexity index is 1400. The molecule has 2 saturated carbocycles. The van der Waals surface area contributed by atoms with E-state index in [1.165, 1.54) is 12.8 Å². The van der Waals surface area contributed by atoms with Crippen LogP contribution in [0.1, 0.15) is 59.3 Å². The summed E-state index contributed by atoms with van der Waals surface area (Å²) in [5, 5.41) is 11.3. The molecule has 1 N–H and O–H groups in total. The number of ether oxygens (including phenoxy) is 1. The van der Waals surface area contributed by atoms with E-state index in [4.69, 9.17) is 4.74 Å². The molecule has 1 aromatic carbocycles. The molecule has 34 heavy (non-hydrogen) atoms. The van der Waals surface area contributed by atoms with Crippen LogP contribution in [0.2, 0.25) is 0 Å². The molecule has 2 aliphatic heterocycles. The fourth-order valence-electron chi connectivity index (χ4n) is 4.75. The molecule has 4 bridgehead atoms. The minimum atomic E-state index is -0.224. The molecule has 9 nitrogen and oxygen atoms in total. The summed E-state index contributed by atoms with van der Waals surface area (Å²) in [4.78, 5) is 22.6. The van der Waals surface area contributed by atoms with Crippen molar-refractivity contribution in [1.29, 1.82) is 0 Å². The summed E-state index contributed by atoms with van der Waals surface area (Å²) in [6.07, 6.45) is 9.92. The Labute approximate surface area is 195 Å². The lowest BCUT2D eigenvalue weighted by molar-refractivity contribution is -0.0355. The van der Waals surface area contributed by atoms with E-state index < -0.39 is 0 Å². The number of hydrogen-bond acceptors (Lipinski definition) is 6. The summed E-state index contributed by atoms with van der Waals surface area (Å²) in [6.45, 7) is 0.375. The molecule has 4 aromatic rings. The Kier molecular flexibility index (Phi) is 4.38. The second-order valence-electron chi connectivity index (χ2n) is 9.30. The Morgan fingerprint density at radius 3 is 2.88 bits per heavy atom. The minimum absolute atomic E-state index is 0.132. The third kappa shape index (κ3) is 3.40. The first-order valence-electron chi connectivity index (χ1n) is 11.7. The summed E-state index contributed by atoms with van der Waals surface area (Å²) in [7, 11) is 0. The molecule has 170 valence electrons. The second-order valence-corrected chi connectivity index (χ2v) is 9.30. The average molecular weight is 454 g/mol. The molecule has 0 radical (unpaired) electrons. The first-order valence-corrected chi connectivity index (χ1v) is 11.7. The first kappa shape index (κ1) is 19.6. The summed E-state index contributed by atoms with van der Waals surface area (Å²) < 4.78 is 10.2. The van der Waals surface area contributed by atoms with Gasteiger partial charge in [-0.25, -0.2) is 9.97 Å². The molecular formula is C25H23N7O2. The summed E-state index contributed by atoms with van der Waals surface area (Å²) in [5.74, 6) is 1.52. The van der Waals surface area contributed by atoms with Crippen molar-refractivity contribution in [3.8, 4) is 17.2 Å². The number of fused-ring (bicyclic) bond motifs is 2. The van der Waals surface area contributed by atoms with Crippen molar-refractivity contribution < 1.29 is 9.53 Å². The number of nitrogens with zero attached hydrogens (tertiary/aromatic N) is 6. The Morgan fingerprint density at radius 1 is 1.09 bits per heavy atom. The maximum Gasteiger partial charge on any atom is 0.257 e. The van der Waals surface area contributed by atoms with E-state index in [0.29, 0.717) is 35.4 Å². The van der Waals surface area contributed by atoms with Crippen molar-refractivity contribution in [2.45, 2.75) is 50.4 Å². The van der Waals surface area contributed by atoms with E-state index in [1.54, 1.807) is 12.4 Å². The summed E-state index contributed by atoms with van der Waals surface area (Å²) >= 11 is 0. The maximum atomic E-state index is 13.4. The van der Waals surface area contributed by atoms with Crippen molar-refractivity contribution in [2.75, 3.05) is 5.32 Å². The van der Waals surface area contributed by atoms with Crippen molar-refractivity contribution >= 4 is 11.7 Å². The highest BCUT2D eigenvalue weighted by atomic mass is 16.5. The number of aromatic nitrogens is 6. The topological polar surface area (TPSA) is 99.8 Å². The minimum Gasteiger partial charge on any atom is -0.373 e. The van der Waals surface area contributed by atoms with Gasteiger partial charge in [0.15, 0.2) is 5.82 Å². The number of hydrogen-bond donors (Lipinski definition) is 1. The highest BCUT2D eigenvalue weighted by Gasteiger charge is 2.34. The fourth-order valence-corrected chi connectivity index (χ4v) is 4.75. The van der Waals surface area contributed by atoms with Crippen LogP contribution in [0.3, 0.4) is 0 Å². The highest BCUT2D eigenvalue weighted by molar-refractivity contribution is 6.05. The molecule has 1 amide bonds. The van der Waals surface area contributed by atoms with Crippen LogP contribution in [-0.4, -0.2) is 41.3 Å². The van der Waals surface area contributed by atoms with Crippen LogP contribution in [-0.2, 0) is 11.3 Å². The van der Waals surface area contributed by atoms with Crippen molar-refractivity contribution in [3.63, 3.8) is 0 Å². The lowest BCUT2D eigenvalue weighted by atomic mass is 9.88. The van der Waals surface area contributed by atoms with E-state index in [2.05, 4.69) is 36.2 Å². The van der Waals surface area contributed by atoms with Crippen LogP contribution >= 0.6 is 0 Å². The molecule has 5 heterocycles. The van der Waals surface area contributed by atoms with Crippen LogP contribution < -0.4 is 5.32 Å². The van der Waals surface area contributed by atoms with Crippen molar-refractivity contribution in [2.24, 2.45) is 0 Å². The number of amides is 1. The van der Waals surface area contributed by atoms with Crippen LogP contribution in [0.5, 0.6) is 0 Å². The van der Waals surface area contributed by atoms with Gasteiger partial charge in [-0.15, -0.1) is 10.2 Å². The van der Waals surface area contributed by atoms with Crippen molar-refractivity contribution in [1.82, 2.24) is 29.3 Å². The molecule has 2 aliphatic carbocycles. The van der Waals surface area contributed by atoms with E-state index in [9.17, 15) is 4.79 Å². The lowest BCUT2D eigenvalue weighted by Crippen LogP contribution is -2.33. The number of benzene rings is 1. The van der Waals surface area contributed by atoms with Crippen LogP contribution in [0.15, 0.2) is 55.2 Å². The van der Waals surface area contributed by atoms with E-state index >= 15 is 0 Å². The maximum absolute atomic E-state index is 13.4. The number of carbonyl (C=O) groups excluding carboxylic acids is 1. The molecule has 0 spiro atoms. The van der Waals surface area contributed by atoms with Gasteiger partial charge in [-0.2, -0.15) is 0 Å². The quantitative estimate of drug-likeness (QED) is 0.494. The molecule has 8 rings (SSSR count). The van der Waals surface area contributed by atoms with E-state index in [0.717, 1.165) is 29.8 Å². The summed E-state index contributed by atoms with van der Waals surface area (Å²) in [5.41, 5.74) is 4.11. The predicted molar refractivity (Wildman–Crippen MR) is 124 cm³/mol.